The topological polar surface area (TPSA) is 24.9 Å². The molecule has 0 amide bonds. The van der Waals surface area contributed by atoms with Gasteiger partial charge >= 0.3 is 0 Å². The number of anilines is 2. The normalized spacial score (nSPS) is 10.2. The molecule has 0 radical (unpaired) electrons. The van der Waals surface area contributed by atoms with Crippen molar-refractivity contribution in [2.45, 2.75) is 13.8 Å². The summed E-state index contributed by atoms with van der Waals surface area (Å²) >= 11 is 3.35. The number of aromatic nitrogens is 1. The fraction of sp³-hybridized carbons (Fsp3) is 0.154. The summed E-state index contributed by atoms with van der Waals surface area (Å²) in [6.45, 7) is 4.18. The van der Waals surface area contributed by atoms with E-state index in [1.54, 1.807) is 0 Å². The van der Waals surface area contributed by atoms with Crippen molar-refractivity contribution in [2.24, 2.45) is 0 Å². The molecule has 1 N–H and O–H groups in total. The van der Waals surface area contributed by atoms with Gasteiger partial charge in [-0.15, -0.1) is 0 Å². The standard InChI is InChI=1S/C13H13BrN2/c1-9-6-10(2)8-11(7-9)15-13-5-3-4-12(14)16-13/h3-8H,1-2H3,(H,15,16). The zero-order chi connectivity index (χ0) is 11.5. The lowest BCUT2D eigenvalue weighted by atomic mass is 10.1. The summed E-state index contributed by atoms with van der Waals surface area (Å²) in [6, 6.07) is 12.2. The number of nitrogens with zero attached hydrogens (tertiary/aromatic N) is 1. The Labute approximate surface area is 104 Å². The van der Waals surface area contributed by atoms with Gasteiger partial charge in [0.25, 0.3) is 0 Å². The summed E-state index contributed by atoms with van der Waals surface area (Å²) in [5.74, 6) is 0.847. The molecular weight excluding hydrogens is 264 g/mol. The largest absolute Gasteiger partial charge is 0.340 e. The monoisotopic (exact) mass is 276 g/mol. The van der Waals surface area contributed by atoms with Crippen LogP contribution in [0.15, 0.2) is 41.0 Å². The second-order valence-corrected chi connectivity index (χ2v) is 4.66. The average Bonchev–Trinajstić information content (AvgIpc) is 2.15. The molecule has 16 heavy (non-hydrogen) atoms. The second-order valence-electron chi connectivity index (χ2n) is 3.85. The molecule has 0 atom stereocenters. The molecule has 2 nitrogen and oxygen atoms in total. The molecule has 0 aliphatic heterocycles. The van der Waals surface area contributed by atoms with Crippen molar-refractivity contribution in [2.75, 3.05) is 5.32 Å². The van der Waals surface area contributed by atoms with Gasteiger partial charge in [-0.05, 0) is 65.2 Å². The Balaban J connectivity index is 2.27. The molecule has 0 saturated carbocycles. The molecule has 3 heteroatoms. The van der Waals surface area contributed by atoms with Crippen LogP contribution >= 0.6 is 15.9 Å². The van der Waals surface area contributed by atoms with E-state index in [1.807, 2.05) is 18.2 Å². The van der Waals surface area contributed by atoms with Gasteiger partial charge in [-0.25, -0.2) is 4.98 Å². The Hall–Kier alpha value is -1.35. The first-order valence-electron chi connectivity index (χ1n) is 5.11. The van der Waals surface area contributed by atoms with Crippen molar-refractivity contribution >= 4 is 27.4 Å². The highest BCUT2D eigenvalue weighted by Crippen LogP contribution is 2.19. The van der Waals surface area contributed by atoms with Crippen molar-refractivity contribution in [1.82, 2.24) is 4.98 Å². The number of pyridine rings is 1. The number of hydrogen-bond donors (Lipinski definition) is 1. The van der Waals surface area contributed by atoms with Crippen molar-refractivity contribution in [3.8, 4) is 0 Å². The van der Waals surface area contributed by atoms with Gasteiger partial charge in [-0.3, -0.25) is 0 Å². The quantitative estimate of drug-likeness (QED) is 0.832. The van der Waals surface area contributed by atoms with E-state index < -0.39 is 0 Å². The molecule has 0 spiro atoms. The van der Waals surface area contributed by atoms with Crippen LogP contribution < -0.4 is 5.32 Å². The van der Waals surface area contributed by atoms with E-state index in [-0.39, 0.29) is 0 Å². The van der Waals surface area contributed by atoms with E-state index in [0.29, 0.717) is 0 Å². The number of aryl methyl sites for hydroxylation is 2. The Morgan fingerprint density at radius 3 is 2.38 bits per heavy atom. The Kier molecular flexibility index (Phi) is 3.25. The molecule has 0 aliphatic carbocycles. The summed E-state index contributed by atoms with van der Waals surface area (Å²) in [5, 5.41) is 3.29. The summed E-state index contributed by atoms with van der Waals surface area (Å²) in [4.78, 5) is 4.33. The van der Waals surface area contributed by atoms with Gasteiger partial charge in [0.15, 0.2) is 0 Å². The average molecular weight is 277 g/mol. The van der Waals surface area contributed by atoms with Crippen LogP contribution in [-0.2, 0) is 0 Å². The van der Waals surface area contributed by atoms with Crippen molar-refractivity contribution in [1.29, 1.82) is 0 Å². The molecule has 2 aromatic rings. The summed E-state index contributed by atoms with van der Waals surface area (Å²) in [6.07, 6.45) is 0. The van der Waals surface area contributed by atoms with E-state index in [2.05, 4.69) is 58.3 Å². The molecule has 0 aliphatic rings. The molecule has 1 aromatic heterocycles. The zero-order valence-electron chi connectivity index (χ0n) is 9.29. The van der Waals surface area contributed by atoms with Crippen LogP contribution in [0.5, 0.6) is 0 Å². The Morgan fingerprint density at radius 2 is 1.75 bits per heavy atom. The fourth-order valence-electron chi connectivity index (χ4n) is 1.67. The Bertz CT molecular complexity index is 489. The SMILES string of the molecule is Cc1cc(C)cc(Nc2cccc(Br)n2)c1. The molecule has 0 fully saturated rings. The van der Waals surface area contributed by atoms with Crippen molar-refractivity contribution in [3.63, 3.8) is 0 Å². The van der Waals surface area contributed by atoms with E-state index in [4.69, 9.17) is 0 Å². The second kappa shape index (κ2) is 4.66. The van der Waals surface area contributed by atoms with Gasteiger partial charge in [0.1, 0.15) is 10.4 Å². The first kappa shape index (κ1) is 11.1. The lowest BCUT2D eigenvalue weighted by molar-refractivity contribution is 1.26. The van der Waals surface area contributed by atoms with Crippen molar-refractivity contribution < 1.29 is 0 Å². The summed E-state index contributed by atoms with van der Waals surface area (Å²) in [7, 11) is 0. The smallest absolute Gasteiger partial charge is 0.131 e. The van der Waals surface area contributed by atoms with Crippen LogP contribution in [0.1, 0.15) is 11.1 Å². The molecular formula is C13H13BrN2. The number of halogens is 1. The molecule has 1 aromatic carbocycles. The molecule has 0 saturated heterocycles. The lowest BCUT2D eigenvalue weighted by Gasteiger charge is -2.07. The molecule has 2 rings (SSSR count). The van der Waals surface area contributed by atoms with Crippen LogP contribution in [0, 0.1) is 13.8 Å². The van der Waals surface area contributed by atoms with E-state index >= 15 is 0 Å². The maximum absolute atomic E-state index is 4.33. The first-order valence-corrected chi connectivity index (χ1v) is 5.91. The van der Waals surface area contributed by atoms with Gasteiger partial charge in [0.2, 0.25) is 0 Å². The van der Waals surface area contributed by atoms with Crippen molar-refractivity contribution in [3.05, 3.63) is 52.1 Å². The summed E-state index contributed by atoms with van der Waals surface area (Å²) in [5.41, 5.74) is 3.57. The van der Waals surface area contributed by atoms with Gasteiger partial charge in [-0.1, -0.05) is 12.1 Å². The van der Waals surface area contributed by atoms with Gasteiger partial charge in [-0.2, -0.15) is 0 Å². The zero-order valence-corrected chi connectivity index (χ0v) is 10.9. The predicted molar refractivity (Wildman–Crippen MR) is 71.1 cm³/mol. The lowest BCUT2D eigenvalue weighted by Crippen LogP contribution is -1.94. The van der Waals surface area contributed by atoms with Gasteiger partial charge in [0.05, 0.1) is 0 Å². The van der Waals surface area contributed by atoms with E-state index in [0.717, 1.165) is 16.1 Å². The third-order valence-electron chi connectivity index (χ3n) is 2.21. The summed E-state index contributed by atoms with van der Waals surface area (Å²) < 4.78 is 0.835. The number of nitrogens with one attached hydrogen (secondary N) is 1. The van der Waals surface area contributed by atoms with E-state index in [9.17, 15) is 0 Å². The minimum Gasteiger partial charge on any atom is -0.340 e. The third kappa shape index (κ3) is 2.83. The minimum atomic E-state index is 0.835. The number of benzene rings is 1. The van der Waals surface area contributed by atoms with Crippen LogP contribution in [0.2, 0.25) is 0 Å². The predicted octanol–water partition coefficient (Wildman–Crippen LogP) is 4.20. The van der Waals surface area contributed by atoms with Crippen LogP contribution in [0.25, 0.3) is 0 Å². The number of rotatable bonds is 2. The maximum Gasteiger partial charge on any atom is 0.131 e. The van der Waals surface area contributed by atoms with Crippen LogP contribution in [0.4, 0.5) is 11.5 Å². The highest BCUT2D eigenvalue weighted by molar-refractivity contribution is 9.10. The molecule has 82 valence electrons. The molecule has 0 unspecified atom stereocenters. The highest BCUT2D eigenvalue weighted by Gasteiger charge is 1.98. The van der Waals surface area contributed by atoms with E-state index in [1.165, 1.54) is 11.1 Å². The van der Waals surface area contributed by atoms with Crippen LogP contribution in [-0.4, -0.2) is 4.98 Å². The molecule has 0 bridgehead atoms. The number of hydrogen-bond acceptors (Lipinski definition) is 2. The molecule has 1 heterocycles. The highest BCUT2D eigenvalue weighted by atomic mass is 79.9. The maximum atomic E-state index is 4.33. The van der Waals surface area contributed by atoms with Crippen LogP contribution in [0.3, 0.4) is 0 Å². The third-order valence-corrected chi connectivity index (χ3v) is 2.65. The first-order chi connectivity index (χ1) is 7.63. The Morgan fingerprint density at radius 1 is 1.06 bits per heavy atom. The van der Waals surface area contributed by atoms with Gasteiger partial charge in [0, 0.05) is 5.69 Å². The minimum absolute atomic E-state index is 0.835. The fourth-order valence-corrected chi connectivity index (χ4v) is 2.02. The van der Waals surface area contributed by atoms with Gasteiger partial charge < -0.3 is 5.32 Å².